The van der Waals surface area contributed by atoms with Crippen LogP contribution in [0.1, 0.15) is 6.92 Å². The molecule has 0 aromatic rings. The molecule has 0 heterocycles. The number of hydrogen-bond acceptors (Lipinski definition) is 3. The first kappa shape index (κ1) is 13.2. The van der Waals surface area contributed by atoms with Crippen LogP contribution in [-0.2, 0) is 9.47 Å². The molecular formula is C6H9BrI2O3. The Labute approximate surface area is 107 Å². The number of carbonyl (C=O) groups excluding carboxylic acids is 1. The molecule has 0 aliphatic heterocycles. The smallest absolute Gasteiger partial charge is 0.435 e. The molecule has 0 fully saturated rings. The van der Waals surface area contributed by atoms with Crippen molar-refractivity contribution < 1.29 is 14.3 Å². The molecule has 12 heavy (non-hydrogen) atoms. The Morgan fingerprint density at radius 3 is 2.50 bits per heavy atom. The molecule has 2 unspecified atom stereocenters. The van der Waals surface area contributed by atoms with Crippen molar-refractivity contribution in [3.05, 3.63) is 0 Å². The van der Waals surface area contributed by atoms with Gasteiger partial charge in [0.15, 0.2) is 0 Å². The first-order valence-corrected chi connectivity index (χ1v) is 6.70. The maximum atomic E-state index is 10.7. The third-order valence-corrected chi connectivity index (χ3v) is 5.85. The Morgan fingerprint density at radius 1 is 1.50 bits per heavy atom. The van der Waals surface area contributed by atoms with Crippen LogP contribution in [0.25, 0.3) is 0 Å². The lowest BCUT2D eigenvalue weighted by Crippen LogP contribution is -2.18. The molecule has 0 spiro atoms. The van der Waals surface area contributed by atoms with E-state index in [9.17, 15) is 4.79 Å². The highest BCUT2D eigenvalue weighted by Gasteiger charge is 2.14. The Morgan fingerprint density at radius 2 is 2.08 bits per heavy atom. The van der Waals surface area contributed by atoms with Crippen molar-refractivity contribution in [3.8, 4) is 0 Å². The van der Waals surface area contributed by atoms with Gasteiger partial charge in [0.2, 0.25) is 0 Å². The highest BCUT2D eigenvalue weighted by atomic mass is 127. The van der Waals surface area contributed by atoms with Crippen molar-refractivity contribution in [2.45, 2.75) is 13.7 Å². The van der Waals surface area contributed by atoms with Gasteiger partial charge in [0.05, 0.1) is 13.4 Å². The van der Waals surface area contributed by atoms with Crippen molar-refractivity contribution in [3.63, 3.8) is 0 Å². The van der Waals surface area contributed by atoms with Crippen LogP contribution in [0.2, 0.25) is 0 Å². The van der Waals surface area contributed by atoms with Crippen LogP contribution in [-0.4, -0.2) is 26.1 Å². The summed E-state index contributed by atoms with van der Waals surface area (Å²) in [4.78, 5) is 10.7. The highest BCUT2D eigenvalue weighted by molar-refractivity contribution is 14.1. The normalized spacial score (nSPS) is 15.0. The molecule has 0 aromatic heterocycles. The van der Waals surface area contributed by atoms with E-state index < -0.39 is 6.16 Å². The van der Waals surface area contributed by atoms with E-state index in [4.69, 9.17) is 4.74 Å². The van der Waals surface area contributed by atoms with Gasteiger partial charge in [-0.3, -0.25) is 0 Å². The average molecular weight is 463 g/mol. The van der Waals surface area contributed by atoms with E-state index in [0.29, 0.717) is 16.0 Å². The molecule has 2 atom stereocenters. The zero-order valence-corrected chi connectivity index (χ0v) is 12.3. The second kappa shape index (κ2) is 7.60. The molecule has 0 amide bonds. The summed E-state index contributed by atoms with van der Waals surface area (Å²) in [7, 11) is 0. The Hall–Kier alpha value is 1.21. The van der Waals surface area contributed by atoms with Crippen molar-refractivity contribution in [2.75, 3.05) is 13.2 Å². The summed E-state index contributed by atoms with van der Waals surface area (Å²) in [6, 6.07) is 0. The third kappa shape index (κ3) is 6.70. The summed E-state index contributed by atoms with van der Waals surface area (Å²) in [5, 5.41) is 0. The summed E-state index contributed by atoms with van der Waals surface area (Å²) in [5.41, 5.74) is 0. The Kier molecular flexibility index (Phi) is 8.36. The third-order valence-electron chi connectivity index (χ3n) is 0.896. The summed E-state index contributed by atoms with van der Waals surface area (Å²) in [6.45, 7) is 2.47. The molecule has 0 aliphatic carbocycles. The van der Waals surface area contributed by atoms with Gasteiger partial charge in [-0.05, 0) is 6.92 Å². The van der Waals surface area contributed by atoms with Crippen LogP contribution < -0.4 is 0 Å². The second-order valence-electron chi connectivity index (χ2n) is 1.84. The van der Waals surface area contributed by atoms with Crippen molar-refractivity contribution in [2.24, 2.45) is 0 Å². The maximum absolute atomic E-state index is 10.7. The van der Waals surface area contributed by atoms with Gasteiger partial charge in [-0.2, -0.15) is 0 Å². The fourth-order valence-corrected chi connectivity index (χ4v) is 0.920. The monoisotopic (exact) mass is 462 g/mol. The number of ether oxygens (including phenoxy) is 2. The topological polar surface area (TPSA) is 35.5 Å². The summed E-state index contributed by atoms with van der Waals surface area (Å²) < 4.78 is 9.95. The first-order chi connectivity index (χ1) is 5.57. The molecule has 0 rings (SSSR count). The maximum Gasteiger partial charge on any atom is 0.508 e. The Balaban J connectivity index is 3.47. The molecule has 0 aromatic carbocycles. The fourth-order valence-electron chi connectivity index (χ4n) is 0.380. The molecule has 0 aliphatic rings. The van der Waals surface area contributed by atoms with E-state index in [1.165, 1.54) is 0 Å². The molecule has 0 saturated heterocycles. The lowest BCUT2D eigenvalue weighted by molar-refractivity contribution is 0.0609. The van der Waals surface area contributed by atoms with Crippen LogP contribution in [0, 0.1) is 0 Å². The molecule has 0 radical (unpaired) electrons. The van der Waals surface area contributed by atoms with Crippen molar-refractivity contribution in [1.29, 1.82) is 0 Å². The Bertz CT molecular complexity index is 143. The van der Waals surface area contributed by atoms with E-state index in [1.807, 2.05) is 0 Å². The lowest BCUT2D eigenvalue weighted by atomic mass is 10.5. The second-order valence-corrected chi connectivity index (χ2v) is 7.48. The molecule has 0 bridgehead atoms. The molecule has 0 saturated carbocycles. The quantitative estimate of drug-likeness (QED) is 0.366. The molecule has 72 valence electrons. The highest BCUT2D eigenvalue weighted by Crippen LogP contribution is 2.21. The van der Waals surface area contributed by atoms with Gasteiger partial charge in [0.1, 0.15) is 6.61 Å². The number of hydrogen-bond donors (Lipinski definition) is 0. The largest absolute Gasteiger partial charge is 0.508 e. The number of carbonyl (C=O) groups is 1. The van der Waals surface area contributed by atoms with E-state index >= 15 is 0 Å². The molecular weight excluding hydrogens is 454 g/mol. The number of halogens is 3. The van der Waals surface area contributed by atoms with E-state index in [1.54, 1.807) is 6.92 Å². The predicted octanol–water partition coefficient (Wildman–Crippen LogP) is 3.12. The van der Waals surface area contributed by atoms with Crippen LogP contribution in [0.4, 0.5) is 4.79 Å². The van der Waals surface area contributed by atoms with Crippen LogP contribution in [0.15, 0.2) is 0 Å². The van der Waals surface area contributed by atoms with Gasteiger partial charge in [0, 0.05) is 0 Å². The summed E-state index contributed by atoms with van der Waals surface area (Å²) in [6.07, 6.45) is -0.594. The van der Waals surface area contributed by atoms with Crippen LogP contribution in [0.3, 0.4) is 0 Å². The van der Waals surface area contributed by atoms with Crippen LogP contribution in [0.5, 0.6) is 0 Å². The van der Waals surface area contributed by atoms with Crippen molar-refractivity contribution in [1.82, 2.24) is 0 Å². The number of rotatable bonds is 4. The van der Waals surface area contributed by atoms with E-state index in [0.717, 1.165) is 0 Å². The van der Waals surface area contributed by atoms with Gasteiger partial charge < -0.3 is 9.47 Å². The lowest BCUT2D eigenvalue weighted by Gasteiger charge is -2.10. The predicted molar refractivity (Wildman–Crippen MR) is 67.5 cm³/mol. The fraction of sp³-hybridized carbons (Fsp3) is 0.833. The molecule has 3 nitrogen and oxygen atoms in total. The van der Waals surface area contributed by atoms with Gasteiger partial charge in [-0.15, -0.1) is 0 Å². The molecule has 6 heteroatoms. The number of alkyl halides is 3. The summed E-state index contributed by atoms with van der Waals surface area (Å²) in [5.74, 6) is 0. The van der Waals surface area contributed by atoms with Gasteiger partial charge in [-0.1, -0.05) is 61.1 Å². The van der Waals surface area contributed by atoms with E-state index in [-0.39, 0.29) is 3.92 Å². The average Bonchev–Trinajstić information content (AvgIpc) is 2.00. The van der Waals surface area contributed by atoms with Gasteiger partial charge >= 0.3 is 6.16 Å². The van der Waals surface area contributed by atoms with Crippen LogP contribution >= 0.6 is 61.1 Å². The standard InChI is InChI=1S/C6H9BrI2O3/c1-2-11-6(10)12-3-4(8)5(7)9/h4-5H,2-3H2,1H3. The summed E-state index contributed by atoms with van der Waals surface area (Å²) >= 11 is 7.80. The SMILES string of the molecule is CCOC(=O)OCC(I)C(Br)I. The van der Waals surface area contributed by atoms with Gasteiger partial charge in [0.25, 0.3) is 0 Å². The zero-order valence-electron chi connectivity index (χ0n) is 6.43. The van der Waals surface area contributed by atoms with Crippen molar-refractivity contribution >= 4 is 67.3 Å². The minimum Gasteiger partial charge on any atom is -0.435 e. The molecule has 0 N–H and O–H groups in total. The minimum atomic E-state index is -0.594. The zero-order chi connectivity index (χ0) is 9.56. The first-order valence-electron chi connectivity index (χ1n) is 3.29. The van der Waals surface area contributed by atoms with Gasteiger partial charge in [-0.25, -0.2) is 4.79 Å². The van der Waals surface area contributed by atoms with E-state index in [2.05, 4.69) is 65.8 Å². The minimum absolute atomic E-state index is 0.257.